The molecule has 3 N–H and O–H groups in total. The number of amides is 1. The van der Waals surface area contributed by atoms with E-state index in [9.17, 15) is 4.79 Å². The topological polar surface area (TPSA) is 73.6 Å². The van der Waals surface area contributed by atoms with E-state index in [0.717, 1.165) is 35.5 Å². The van der Waals surface area contributed by atoms with Gasteiger partial charge in [0, 0.05) is 18.5 Å². The second-order valence-corrected chi connectivity index (χ2v) is 5.28. The fourth-order valence-electron chi connectivity index (χ4n) is 2.48. The van der Waals surface area contributed by atoms with Crippen molar-refractivity contribution in [2.24, 2.45) is 11.7 Å². The molecular weight excluding hydrogens is 244 g/mol. The first-order valence-electron chi connectivity index (χ1n) is 6.56. The van der Waals surface area contributed by atoms with Gasteiger partial charge in [-0.25, -0.2) is 0 Å². The number of benzene rings is 1. The molecule has 0 saturated heterocycles. The highest BCUT2D eigenvalue weighted by atomic mass is 16.7. The van der Waals surface area contributed by atoms with Crippen LogP contribution in [-0.2, 0) is 11.3 Å². The summed E-state index contributed by atoms with van der Waals surface area (Å²) in [5, 5.41) is 2.96. The van der Waals surface area contributed by atoms with Crippen molar-refractivity contribution in [3.8, 4) is 11.5 Å². The SMILES string of the molecule is Cc1cc2c(cc1CNC(=O)C1CC(N)C1)OCO2. The Labute approximate surface area is 112 Å². The van der Waals surface area contributed by atoms with Gasteiger partial charge in [0.05, 0.1) is 0 Å². The maximum absolute atomic E-state index is 11.9. The van der Waals surface area contributed by atoms with E-state index in [2.05, 4.69) is 5.32 Å². The minimum absolute atomic E-state index is 0.0873. The first kappa shape index (κ1) is 12.3. The highest BCUT2D eigenvalue weighted by molar-refractivity contribution is 5.79. The Morgan fingerprint density at radius 1 is 1.37 bits per heavy atom. The van der Waals surface area contributed by atoms with Crippen molar-refractivity contribution in [2.45, 2.75) is 32.4 Å². The van der Waals surface area contributed by atoms with Gasteiger partial charge >= 0.3 is 0 Å². The Bertz CT molecular complexity index is 510. The number of aryl methyl sites for hydroxylation is 1. The Morgan fingerprint density at radius 2 is 2.05 bits per heavy atom. The standard InChI is InChI=1S/C14H18N2O3/c1-8-2-12-13(19-7-18-12)5-10(8)6-16-14(17)9-3-11(15)4-9/h2,5,9,11H,3-4,6-7,15H2,1H3,(H,16,17). The van der Waals surface area contributed by atoms with Gasteiger partial charge in [0.15, 0.2) is 11.5 Å². The minimum Gasteiger partial charge on any atom is -0.454 e. The predicted octanol–water partition coefficient (Wildman–Crippen LogP) is 1.08. The first-order valence-corrected chi connectivity index (χ1v) is 6.56. The smallest absolute Gasteiger partial charge is 0.231 e. The number of nitrogens with two attached hydrogens (primary N) is 1. The lowest BCUT2D eigenvalue weighted by atomic mass is 9.80. The zero-order valence-corrected chi connectivity index (χ0v) is 10.9. The van der Waals surface area contributed by atoms with Crippen LogP contribution in [0.3, 0.4) is 0 Å². The monoisotopic (exact) mass is 262 g/mol. The lowest BCUT2D eigenvalue weighted by Crippen LogP contribution is -2.44. The molecule has 3 rings (SSSR count). The van der Waals surface area contributed by atoms with Crippen LogP contribution in [0, 0.1) is 12.8 Å². The molecule has 0 atom stereocenters. The van der Waals surface area contributed by atoms with E-state index in [1.807, 2.05) is 19.1 Å². The van der Waals surface area contributed by atoms with Gasteiger partial charge in [-0.3, -0.25) is 4.79 Å². The van der Waals surface area contributed by atoms with Gasteiger partial charge in [0.1, 0.15) is 0 Å². The van der Waals surface area contributed by atoms with Crippen LogP contribution in [0.4, 0.5) is 0 Å². The molecule has 5 nitrogen and oxygen atoms in total. The number of carbonyl (C=O) groups excluding carboxylic acids is 1. The average Bonchev–Trinajstić information content (AvgIpc) is 2.78. The Kier molecular flexibility index (Phi) is 3.06. The van der Waals surface area contributed by atoms with Crippen molar-refractivity contribution in [2.75, 3.05) is 6.79 Å². The molecule has 1 aromatic carbocycles. The largest absolute Gasteiger partial charge is 0.454 e. The molecule has 0 spiro atoms. The molecule has 1 aromatic rings. The van der Waals surface area contributed by atoms with E-state index in [1.54, 1.807) is 0 Å². The molecule has 102 valence electrons. The van der Waals surface area contributed by atoms with Gasteiger partial charge in [-0.05, 0) is 43.0 Å². The van der Waals surface area contributed by atoms with Crippen molar-refractivity contribution >= 4 is 5.91 Å². The van der Waals surface area contributed by atoms with Crippen LogP contribution in [0.2, 0.25) is 0 Å². The van der Waals surface area contributed by atoms with Crippen LogP contribution < -0.4 is 20.5 Å². The molecule has 2 aliphatic rings. The third-order valence-corrected chi connectivity index (χ3v) is 3.83. The summed E-state index contributed by atoms with van der Waals surface area (Å²) < 4.78 is 10.7. The van der Waals surface area contributed by atoms with E-state index < -0.39 is 0 Å². The van der Waals surface area contributed by atoms with Gasteiger partial charge in [0.25, 0.3) is 0 Å². The highest BCUT2D eigenvalue weighted by Gasteiger charge is 2.31. The summed E-state index contributed by atoms with van der Waals surface area (Å²) >= 11 is 0. The third-order valence-electron chi connectivity index (χ3n) is 3.83. The van der Waals surface area contributed by atoms with Gasteiger partial charge in [-0.1, -0.05) is 0 Å². The average molecular weight is 262 g/mol. The number of rotatable bonds is 3. The van der Waals surface area contributed by atoms with Crippen LogP contribution in [0.5, 0.6) is 11.5 Å². The number of ether oxygens (including phenoxy) is 2. The van der Waals surface area contributed by atoms with Crippen molar-refractivity contribution in [1.29, 1.82) is 0 Å². The van der Waals surface area contributed by atoms with E-state index in [4.69, 9.17) is 15.2 Å². The molecule has 1 heterocycles. The van der Waals surface area contributed by atoms with Gasteiger partial charge < -0.3 is 20.5 Å². The van der Waals surface area contributed by atoms with Crippen LogP contribution in [0.15, 0.2) is 12.1 Å². The van der Waals surface area contributed by atoms with Gasteiger partial charge in [0.2, 0.25) is 12.7 Å². The Balaban J connectivity index is 1.62. The molecule has 0 bridgehead atoms. The summed E-state index contributed by atoms with van der Waals surface area (Å²) in [5.74, 6) is 1.71. The fraction of sp³-hybridized carbons (Fsp3) is 0.500. The molecule has 1 amide bonds. The summed E-state index contributed by atoms with van der Waals surface area (Å²) in [4.78, 5) is 11.9. The molecule has 0 unspecified atom stereocenters. The highest BCUT2D eigenvalue weighted by Crippen LogP contribution is 2.34. The number of hydrogen-bond donors (Lipinski definition) is 2. The van der Waals surface area contributed by atoms with Gasteiger partial charge in [-0.2, -0.15) is 0 Å². The van der Waals surface area contributed by atoms with E-state index >= 15 is 0 Å². The zero-order chi connectivity index (χ0) is 13.4. The second-order valence-electron chi connectivity index (χ2n) is 5.28. The first-order chi connectivity index (χ1) is 9.13. The normalized spacial score (nSPS) is 23.9. The van der Waals surface area contributed by atoms with Gasteiger partial charge in [-0.15, -0.1) is 0 Å². The number of carbonyl (C=O) groups is 1. The van der Waals surface area contributed by atoms with E-state index in [0.29, 0.717) is 6.54 Å². The Hall–Kier alpha value is -1.75. The quantitative estimate of drug-likeness (QED) is 0.854. The van der Waals surface area contributed by atoms with Crippen molar-refractivity contribution in [1.82, 2.24) is 5.32 Å². The molecule has 19 heavy (non-hydrogen) atoms. The van der Waals surface area contributed by atoms with Crippen molar-refractivity contribution in [3.05, 3.63) is 23.3 Å². The number of nitrogens with one attached hydrogen (secondary N) is 1. The number of hydrogen-bond acceptors (Lipinski definition) is 4. The third kappa shape index (κ3) is 2.38. The predicted molar refractivity (Wildman–Crippen MR) is 69.8 cm³/mol. The molecule has 0 aromatic heterocycles. The Morgan fingerprint density at radius 3 is 2.74 bits per heavy atom. The second kappa shape index (κ2) is 4.74. The summed E-state index contributed by atoms with van der Waals surface area (Å²) in [7, 11) is 0. The molecule has 1 saturated carbocycles. The number of fused-ring (bicyclic) bond motifs is 1. The van der Waals surface area contributed by atoms with Crippen LogP contribution in [-0.4, -0.2) is 18.7 Å². The van der Waals surface area contributed by atoms with Crippen LogP contribution in [0.1, 0.15) is 24.0 Å². The molecule has 1 aliphatic carbocycles. The molecule has 5 heteroatoms. The molecule has 1 fully saturated rings. The molecule has 1 aliphatic heterocycles. The lowest BCUT2D eigenvalue weighted by molar-refractivity contribution is -0.128. The lowest BCUT2D eigenvalue weighted by Gasteiger charge is -2.31. The van der Waals surface area contributed by atoms with E-state index in [-0.39, 0.29) is 24.7 Å². The molecular formula is C14H18N2O3. The van der Waals surface area contributed by atoms with Crippen LogP contribution >= 0.6 is 0 Å². The zero-order valence-electron chi connectivity index (χ0n) is 10.9. The fourth-order valence-corrected chi connectivity index (χ4v) is 2.48. The maximum atomic E-state index is 11.9. The van der Waals surface area contributed by atoms with Crippen molar-refractivity contribution < 1.29 is 14.3 Å². The summed E-state index contributed by atoms with van der Waals surface area (Å²) in [6.45, 7) is 2.79. The summed E-state index contributed by atoms with van der Waals surface area (Å²) in [5.41, 5.74) is 7.84. The maximum Gasteiger partial charge on any atom is 0.231 e. The van der Waals surface area contributed by atoms with Crippen LogP contribution in [0.25, 0.3) is 0 Å². The summed E-state index contributed by atoms with van der Waals surface area (Å²) in [6.07, 6.45) is 1.60. The van der Waals surface area contributed by atoms with Crippen molar-refractivity contribution in [3.63, 3.8) is 0 Å². The summed E-state index contributed by atoms with van der Waals surface area (Å²) in [6, 6.07) is 4.08. The van der Waals surface area contributed by atoms with E-state index in [1.165, 1.54) is 0 Å². The minimum atomic E-state index is 0.0873. The molecule has 0 radical (unpaired) electrons.